The number of aromatic nitrogens is 1. The number of rotatable bonds is 2. The average molecular weight is 256 g/mol. The van der Waals surface area contributed by atoms with Crippen LogP contribution in [0.5, 0.6) is 0 Å². The van der Waals surface area contributed by atoms with E-state index in [1.165, 1.54) is 17.8 Å². The molecule has 3 rings (SSSR count). The minimum atomic E-state index is -0.491. The zero-order valence-corrected chi connectivity index (χ0v) is 10.3. The molecule has 1 unspecified atom stereocenters. The summed E-state index contributed by atoms with van der Waals surface area (Å²) in [6.07, 6.45) is 3.41. The number of Topliss-reactive ketones (excluding diaryl/α,β-unsaturated/α-hetero) is 1. The van der Waals surface area contributed by atoms with Crippen LogP contribution in [0.25, 0.3) is 0 Å². The van der Waals surface area contributed by atoms with Crippen molar-refractivity contribution in [2.24, 2.45) is 0 Å². The normalized spacial score (nSPS) is 17.8. The summed E-state index contributed by atoms with van der Waals surface area (Å²) in [7, 11) is 0. The summed E-state index contributed by atoms with van der Waals surface area (Å²) in [4.78, 5) is 16.2. The molecule has 0 saturated carbocycles. The lowest BCUT2D eigenvalue weighted by atomic mass is 9.90. The van der Waals surface area contributed by atoms with Gasteiger partial charge < -0.3 is 5.32 Å². The summed E-state index contributed by atoms with van der Waals surface area (Å²) < 4.78 is 13.2. The number of hydrogen-bond donors (Lipinski definition) is 1. The van der Waals surface area contributed by atoms with Gasteiger partial charge in [-0.1, -0.05) is 24.3 Å². The Hall–Kier alpha value is -2.07. The summed E-state index contributed by atoms with van der Waals surface area (Å²) in [5.41, 5.74) is 2.45. The Kier molecular flexibility index (Phi) is 3.09. The smallest absolute Gasteiger partial charge is 0.185 e. The number of halogens is 1. The van der Waals surface area contributed by atoms with Crippen LogP contribution in [0.15, 0.2) is 42.7 Å². The quantitative estimate of drug-likeness (QED) is 0.838. The molecule has 1 atom stereocenters. The third kappa shape index (κ3) is 2.27. The Morgan fingerprint density at radius 3 is 3.00 bits per heavy atom. The molecule has 0 amide bonds. The van der Waals surface area contributed by atoms with E-state index in [4.69, 9.17) is 0 Å². The highest BCUT2D eigenvalue weighted by molar-refractivity contribution is 6.00. The standard InChI is InChI=1S/C15H13FN2O/c16-12-7-11(8-17-9-12)15(19)14-13-4-2-1-3-10(13)5-6-18-14/h1-4,7-9,14,18H,5-6H2. The lowest BCUT2D eigenvalue weighted by molar-refractivity contribution is 0.0938. The molecule has 1 aromatic heterocycles. The van der Waals surface area contributed by atoms with E-state index in [1.807, 2.05) is 24.3 Å². The molecule has 0 saturated heterocycles. The van der Waals surface area contributed by atoms with Crippen molar-refractivity contribution < 1.29 is 9.18 Å². The van der Waals surface area contributed by atoms with Crippen LogP contribution < -0.4 is 5.32 Å². The maximum absolute atomic E-state index is 13.2. The number of ketones is 1. The summed E-state index contributed by atoms with van der Waals surface area (Å²) >= 11 is 0. The molecule has 0 fully saturated rings. The van der Waals surface area contributed by atoms with E-state index in [0.29, 0.717) is 5.56 Å². The number of hydrogen-bond acceptors (Lipinski definition) is 3. The Bertz CT molecular complexity index is 627. The minimum Gasteiger partial charge on any atom is -0.303 e. The molecule has 1 aliphatic heterocycles. The van der Waals surface area contributed by atoms with Gasteiger partial charge in [0, 0.05) is 18.3 Å². The zero-order valence-electron chi connectivity index (χ0n) is 10.3. The maximum Gasteiger partial charge on any atom is 0.185 e. The predicted octanol–water partition coefficient (Wildman–Crippen LogP) is 2.29. The van der Waals surface area contributed by atoms with Gasteiger partial charge in [-0.3, -0.25) is 9.78 Å². The number of nitrogens with zero attached hydrogens (tertiary/aromatic N) is 1. The van der Waals surface area contributed by atoms with Crippen molar-refractivity contribution in [3.8, 4) is 0 Å². The van der Waals surface area contributed by atoms with Crippen LogP contribution in [0.2, 0.25) is 0 Å². The van der Waals surface area contributed by atoms with E-state index in [-0.39, 0.29) is 5.78 Å². The molecule has 1 aliphatic rings. The Labute approximate surface area is 110 Å². The van der Waals surface area contributed by atoms with Gasteiger partial charge in [-0.15, -0.1) is 0 Å². The first-order valence-corrected chi connectivity index (χ1v) is 6.21. The Balaban J connectivity index is 1.98. The highest BCUT2D eigenvalue weighted by Crippen LogP contribution is 2.25. The average Bonchev–Trinajstić information content (AvgIpc) is 2.46. The first-order valence-electron chi connectivity index (χ1n) is 6.21. The molecule has 1 aromatic carbocycles. The first-order chi connectivity index (χ1) is 9.25. The topological polar surface area (TPSA) is 42.0 Å². The molecule has 2 heterocycles. The number of carbonyl (C=O) groups is 1. The highest BCUT2D eigenvalue weighted by Gasteiger charge is 2.26. The van der Waals surface area contributed by atoms with Crippen LogP contribution in [0.1, 0.15) is 27.5 Å². The fourth-order valence-corrected chi connectivity index (χ4v) is 2.45. The summed E-state index contributed by atoms with van der Waals surface area (Å²) in [6, 6.07) is 8.67. The van der Waals surface area contributed by atoms with Gasteiger partial charge in [-0.25, -0.2) is 4.39 Å². The summed E-state index contributed by atoms with van der Waals surface area (Å²) in [6.45, 7) is 0.746. The number of pyridine rings is 1. The molecule has 3 nitrogen and oxygen atoms in total. The number of benzene rings is 1. The molecule has 0 spiro atoms. The van der Waals surface area contributed by atoms with E-state index < -0.39 is 11.9 Å². The summed E-state index contributed by atoms with van der Waals surface area (Å²) in [5, 5.41) is 3.19. The van der Waals surface area contributed by atoms with Gasteiger partial charge in [0.05, 0.1) is 12.2 Å². The first kappa shape index (κ1) is 12.0. The van der Waals surface area contributed by atoms with Crippen LogP contribution in [0, 0.1) is 5.82 Å². The fourth-order valence-electron chi connectivity index (χ4n) is 2.45. The van der Waals surface area contributed by atoms with Crippen molar-refractivity contribution in [3.63, 3.8) is 0 Å². The van der Waals surface area contributed by atoms with Gasteiger partial charge in [0.1, 0.15) is 5.82 Å². The second-order valence-corrected chi connectivity index (χ2v) is 4.59. The van der Waals surface area contributed by atoms with Gasteiger partial charge >= 0.3 is 0 Å². The van der Waals surface area contributed by atoms with Crippen LogP contribution in [0.4, 0.5) is 4.39 Å². The highest BCUT2D eigenvalue weighted by atomic mass is 19.1. The zero-order chi connectivity index (χ0) is 13.2. The van der Waals surface area contributed by atoms with Crippen LogP contribution >= 0.6 is 0 Å². The summed E-state index contributed by atoms with van der Waals surface area (Å²) in [5.74, 6) is -0.630. The van der Waals surface area contributed by atoms with Gasteiger partial charge in [0.15, 0.2) is 5.78 Å². The fraction of sp³-hybridized carbons (Fsp3) is 0.200. The lowest BCUT2D eigenvalue weighted by Crippen LogP contribution is -2.35. The van der Waals surface area contributed by atoms with Crippen LogP contribution in [-0.2, 0) is 6.42 Å². The van der Waals surface area contributed by atoms with Crippen molar-refractivity contribution in [2.45, 2.75) is 12.5 Å². The number of fused-ring (bicyclic) bond motifs is 1. The third-order valence-corrected chi connectivity index (χ3v) is 3.36. The molecule has 0 aliphatic carbocycles. The molecule has 1 N–H and O–H groups in total. The van der Waals surface area contributed by atoms with Crippen LogP contribution in [-0.4, -0.2) is 17.3 Å². The van der Waals surface area contributed by atoms with E-state index in [9.17, 15) is 9.18 Å². The van der Waals surface area contributed by atoms with E-state index in [1.54, 1.807) is 0 Å². The predicted molar refractivity (Wildman–Crippen MR) is 69.4 cm³/mol. The molecular weight excluding hydrogens is 243 g/mol. The molecule has 2 aromatic rings. The molecule has 0 bridgehead atoms. The number of nitrogens with one attached hydrogen (secondary N) is 1. The molecular formula is C15H13FN2O. The molecule has 96 valence electrons. The van der Waals surface area contributed by atoms with Crippen molar-refractivity contribution in [1.29, 1.82) is 0 Å². The van der Waals surface area contributed by atoms with E-state index in [2.05, 4.69) is 10.3 Å². The van der Waals surface area contributed by atoms with Crippen LogP contribution in [0.3, 0.4) is 0 Å². The van der Waals surface area contributed by atoms with E-state index >= 15 is 0 Å². The van der Waals surface area contributed by atoms with Crippen molar-refractivity contribution in [2.75, 3.05) is 6.54 Å². The lowest BCUT2D eigenvalue weighted by Gasteiger charge is -2.25. The molecule has 19 heavy (non-hydrogen) atoms. The molecule has 4 heteroatoms. The largest absolute Gasteiger partial charge is 0.303 e. The number of carbonyl (C=O) groups excluding carboxylic acids is 1. The SMILES string of the molecule is O=C(c1cncc(F)c1)C1NCCc2ccccc21. The van der Waals surface area contributed by atoms with Crippen molar-refractivity contribution in [3.05, 3.63) is 65.2 Å². The monoisotopic (exact) mass is 256 g/mol. The Morgan fingerprint density at radius 2 is 2.16 bits per heavy atom. The second kappa shape index (κ2) is 4.90. The second-order valence-electron chi connectivity index (χ2n) is 4.59. The van der Waals surface area contributed by atoms with E-state index in [0.717, 1.165) is 24.7 Å². The minimum absolute atomic E-state index is 0.140. The van der Waals surface area contributed by atoms with Gasteiger partial charge in [0.25, 0.3) is 0 Å². The van der Waals surface area contributed by atoms with Gasteiger partial charge in [0.2, 0.25) is 0 Å². The maximum atomic E-state index is 13.2. The van der Waals surface area contributed by atoms with Crippen molar-refractivity contribution >= 4 is 5.78 Å². The Morgan fingerprint density at radius 1 is 1.32 bits per heavy atom. The van der Waals surface area contributed by atoms with Crippen molar-refractivity contribution in [1.82, 2.24) is 10.3 Å². The van der Waals surface area contributed by atoms with Gasteiger partial charge in [-0.2, -0.15) is 0 Å². The third-order valence-electron chi connectivity index (χ3n) is 3.36. The van der Waals surface area contributed by atoms with Gasteiger partial charge in [-0.05, 0) is 23.6 Å². The molecule has 0 radical (unpaired) electrons.